The summed E-state index contributed by atoms with van der Waals surface area (Å²) in [6.45, 7) is 3.45. The van der Waals surface area contributed by atoms with Gasteiger partial charge in [-0.05, 0) is 19.3 Å². The SMILES string of the molecule is CCCOCCC(=O)N(CCC(=O)O)C1CC1. The molecular weight excluding hydrogens is 222 g/mol. The van der Waals surface area contributed by atoms with Gasteiger partial charge in [-0.1, -0.05) is 6.92 Å². The van der Waals surface area contributed by atoms with Gasteiger partial charge in [0.15, 0.2) is 0 Å². The Morgan fingerprint density at radius 3 is 2.53 bits per heavy atom. The average molecular weight is 243 g/mol. The van der Waals surface area contributed by atoms with Crippen LogP contribution < -0.4 is 0 Å². The quantitative estimate of drug-likeness (QED) is 0.619. The Kier molecular flexibility index (Phi) is 5.97. The van der Waals surface area contributed by atoms with Gasteiger partial charge in [0.1, 0.15) is 0 Å². The molecule has 0 atom stereocenters. The van der Waals surface area contributed by atoms with Gasteiger partial charge in [0, 0.05) is 19.2 Å². The van der Waals surface area contributed by atoms with Crippen LogP contribution in [0.2, 0.25) is 0 Å². The molecule has 0 saturated heterocycles. The van der Waals surface area contributed by atoms with Gasteiger partial charge in [-0.3, -0.25) is 9.59 Å². The lowest BCUT2D eigenvalue weighted by atomic mass is 10.3. The van der Waals surface area contributed by atoms with Crippen LogP contribution in [0.3, 0.4) is 0 Å². The summed E-state index contributed by atoms with van der Waals surface area (Å²) in [5, 5.41) is 8.63. The highest BCUT2D eigenvalue weighted by Gasteiger charge is 2.32. The van der Waals surface area contributed by atoms with Gasteiger partial charge >= 0.3 is 5.97 Å². The van der Waals surface area contributed by atoms with Crippen LogP contribution in [-0.4, -0.2) is 47.7 Å². The Morgan fingerprint density at radius 2 is 2.00 bits per heavy atom. The number of hydrogen-bond acceptors (Lipinski definition) is 3. The van der Waals surface area contributed by atoms with Crippen LogP contribution in [0.15, 0.2) is 0 Å². The first-order chi connectivity index (χ1) is 8.15. The second-order valence-corrected chi connectivity index (χ2v) is 4.32. The first kappa shape index (κ1) is 14.0. The lowest BCUT2D eigenvalue weighted by Crippen LogP contribution is -2.35. The third kappa shape index (κ3) is 5.68. The Hall–Kier alpha value is -1.10. The molecule has 1 aliphatic rings. The van der Waals surface area contributed by atoms with Crippen molar-refractivity contribution < 1.29 is 19.4 Å². The molecule has 5 heteroatoms. The van der Waals surface area contributed by atoms with E-state index in [0.29, 0.717) is 26.2 Å². The van der Waals surface area contributed by atoms with Crippen molar-refractivity contribution in [2.24, 2.45) is 0 Å². The summed E-state index contributed by atoms with van der Waals surface area (Å²) < 4.78 is 5.27. The Labute approximate surface area is 102 Å². The molecule has 0 unspecified atom stereocenters. The number of carbonyl (C=O) groups excluding carboxylic acids is 1. The van der Waals surface area contributed by atoms with Crippen molar-refractivity contribution >= 4 is 11.9 Å². The number of carboxylic acids is 1. The van der Waals surface area contributed by atoms with Crippen LogP contribution in [0.4, 0.5) is 0 Å². The first-order valence-corrected chi connectivity index (χ1v) is 6.24. The normalized spacial score (nSPS) is 14.6. The van der Waals surface area contributed by atoms with Crippen molar-refractivity contribution in [3.63, 3.8) is 0 Å². The van der Waals surface area contributed by atoms with Crippen molar-refractivity contribution in [1.29, 1.82) is 0 Å². The smallest absolute Gasteiger partial charge is 0.305 e. The maximum atomic E-state index is 11.9. The van der Waals surface area contributed by atoms with E-state index in [1.54, 1.807) is 4.90 Å². The zero-order valence-electron chi connectivity index (χ0n) is 10.4. The minimum Gasteiger partial charge on any atom is -0.481 e. The zero-order chi connectivity index (χ0) is 12.7. The highest BCUT2D eigenvalue weighted by Crippen LogP contribution is 2.27. The van der Waals surface area contributed by atoms with Crippen molar-refractivity contribution in [1.82, 2.24) is 4.90 Å². The Bertz CT molecular complexity index is 263. The molecule has 0 bridgehead atoms. The second kappa shape index (κ2) is 7.27. The molecule has 98 valence electrons. The van der Waals surface area contributed by atoms with Gasteiger partial charge < -0.3 is 14.7 Å². The van der Waals surface area contributed by atoms with Gasteiger partial charge in [0.05, 0.1) is 19.4 Å². The number of aliphatic carboxylic acids is 1. The molecule has 0 aromatic rings. The maximum absolute atomic E-state index is 11.9. The molecule has 0 heterocycles. The Morgan fingerprint density at radius 1 is 1.29 bits per heavy atom. The van der Waals surface area contributed by atoms with Crippen LogP contribution >= 0.6 is 0 Å². The van der Waals surface area contributed by atoms with E-state index < -0.39 is 5.97 Å². The van der Waals surface area contributed by atoms with Gasteiger partial charge in [0.25, 0.3) is 0 Å². The average Bonchev–Trinajstić information content (AvgIpc) is 3.08. The number of carboxylic acid groups (broad SMARTS) is 1. The van der Waals surface area contributed by atoms with Crippen LogP contribution in [-0.2, 0) is 14.3 Å². The van der Waals surface area contributed by atoms with Gasteiger partial charge in [-0.25, -0.2) is 0 Å². The van der Waals surface area contributed by atoms with E-state index in [-0.39, 0.29) is 18.4 Å². The summed E-state index contributed by atoms with van der Waals surface area (Å²) in [5.41, 5.74) is 0. The van der Waals surface area contributed by atoms with E-state index in [1.807, 2.05) is 6.92 Å². The minimum atomic E-state index is -0.856. The standard InChI is InChI=1S/C12H21NO4/c1-2-8-17-9-6-11(14)13(10-3-4-10)7-5-12(15)16/h10H,2-9H2,1H3,(H,15,16). The number of carbonyl (C=O) groups is 2. The molecule has 1 N–H and O–H groups in total. The van der Waals surface area contributed by atoms with E-state index in [1.165, 1.54) is 0 Å². The highest BCUT2D eigenvalue weighted by molar-refractivity contribution is 5.77. The lowest BCUT2D eigenvalue weighted by Gasteiger charge is -2.21. The molecule has 1 rings (SSSR count). The van der Waals surface area contributed by atoms with Crippen molar-refractivity contribution in [3.8, 4) is 0 Å². The maximum Gasteiger partial charge on any atom is 0.305 e. The lowest BCUT2D eigenvalue weighted by molar-refractivity contribution is -0.139. The topological polar surface area (TPSA) is 66.8 Å². The fourth-order valence-corrected chi connectivity index (χ4v) is 1.66. The molecule has 0 aromatic carbocycles. The number of hydrogen-bond donors (Lipinski definition) is 1. The summed E-state index contributed by atoms with van der Waals surface area (Å²) in [6.07, 6.45) is 3.33. The third-order valence-electron chi connectivity index (χ3n) is 2.68. The highest BCUT2D eigenvalue weighted by atomic mass is 16.5. The predicted molar refractivity (Wildman–Crippen MR) is 62.7 cm³/mol. The van der Waals surface area contributed by atoms with E-state index in [0.717, 1.165) is 19.3 Å². The van der Waals surface area contributed by atoms with Gasteiger partial charge in [-0.15, -0.1) is 0 Å². The van der Waals surface area contributed by atoms with Gasteiger partial charge in [0.2, 0.25) is 5.91 Å². The van der Waals surface area contributed by atoms with E-state index in [2.05, 4.69) is 0 Å². The molecule has 5 nitrogen and oxygen atoms in total. The number of nitrogens with zero attached hydrogens (tertiary/aromatic N) is 1. The summed E-state index contributed by atoms with van der Waals surface area (Å²) in [6, 6.07) is 0.271. The van der Waals surface area contributed by atoms with Crippen LogP contribution in [0, 0.1) is 0 Å². The van der Waals surface area contributed by atoms with Crippen LogP contribution in [0.25, 0.3) is 0 Å². The monoisotopic (exact) mass is 243 g/mol. The Balaban J connectivity index is 2.25. The number of rotatable bonds is 9. The fourth-order valence-electron chi connectivity index (χ4n) is 1.66. The molecule has 0 aliphatic heterocycles. The molecule has 17 heavy (non-hydrogen) atoms. The summed E-state index contributed by atoms with van der Waals surface area (Å²) >= 11 is 0. The summed E-state index contributed by atoms with van der Waals surface area (Å²) in [7, 11) is 0. The number of amides is 1. The predicted octanol–water partition coefficient (Wildman–Crippen LogP) is 1.27. The molecule has 0 spiro atoms. The van der Waals surface area contributed by atoms with Crippen LogP contribution in [0.5, 0.6) is 0 Å². The third-order valence-corrected chi connectivity index (χ3v) is 2.68. The van der Waals surface area contributed by atoms with Gasteiger partial charge in [-0.2, -0.15) is 0 Å². The fraction of sp³-hybridized carbons (Fsp3) is 0.833. The van der Waals surface area contributed by atoms with Crippen molar-refractivity contribution in [2.45, 2.75) is 45.1 Å². The van der Waals surface area contributed by atoms with E-state index in [4.69, 9.17) is 9.84 Å². The zero-order valence-corrected chi connectivity index (χ0v) is 10.4. The second-order valence-electron chi connectivity index (χ2n) is 4.32. The molecule has 1 aliphatic carbocycles. The molecular formula is C12H21NO4. The van der Waals surface area contributed by atoms with Crippen molar-refractivity contribution in [3.05, 3.63) is 0 Å². The molecule has 1 amide bonds. The van der Waals surface area contributed by atoms with Crippen LogP contribution in [0.1, 0.15) is 39.0 Å². The largest absolute Gasteiger partial charge is 0.481 e. The molecule has 1 fully saturated rings. The summed E-state index contributed by atoms with van der Waals surface area (Å²) in [4.78, 5) is 24.1. The van der Waals surface area contributed by atoms with E-state index in [9.17, 15) is 9.59 Å². The molecule has 1 saturated carbocycles. The molecule has 0 aromatic heterocycles. The first-order valence-electron chi connectivity index (χ1n) is 6.24. The van der Waals surface area contributed by atoms with Crippen molar-refractivity contribution in [2.75, 3.05) is 19.8 Å². The number of ether oxygens (including phenoxy) is 1. The minimum absolute atomic E-state index is 0.0184. The van der Waals surface area contributed by atoms with E-state index >= 15 is 0 Å². The molecule has 0 radical (unpaired) electrons. The summed E-state index contributed by atoms with van der Waals surface area (Å²) in [5.74, 6) is -0.837.